The lowest BCUT2D eigenvalue weighted by atomic mass is 10.1. The van der Waals surface area contributed by atoms with Crippen molar-refractivity contribution in [3.63, 3.8) is 0 Å². The van der Waals surface area contributed by atoms with Crippen LogP contribution < -0.4 is 10.6 Å². The fourth-order valence-corrected chi connectivity index (χ4v) is 3.00. The first kappa shape index (κ1) is 24.2. The number of likely N-dealkylation sites (N-methyl/N-ethyl adjacent to an activating group) is 1. The topological polar surface area (TPSA) is 110 Å². The van der Waals surface area contributed by atoms with Crippen LogP contribution in [0.1, 0.15) is 22.6 Å². The number of benzene rings is 2. The molecule has 1 heterocycles. The molecule has 2 N–H and O–H groups in total. The predicted molar refractivity (Wildman–Crippen MR) is 125 cm³/mol. The Labute approximate surface area is 197 Å². The number of anilines is 1. The quantitative estimate of drug-likeness (QED) is 0.434. The fourth-order valence-electron chi connectivity index (χ4n) is 2.88. The number of carbonyl (C=O) groups excluding carboxylic acids is 2. The highest BCUT2D eigenvalue weighted by Crippen LogP contribution is 2.18. The summed E-state index contributed by atoms with van der Waals surface area (Å²) in [7, 11) is 3.31. The van der Waals surface area contributed by atoms with Gasteiger partial charge in [-0.3, -0.25) is 4.79 Å². The van der Waals surface area contributed by atoms with Crippen molar-refractivity contribution in [2.75, 3.05) is 39.2 Å². The number of rotatable bonds is 10. The largest absolute Gasteiger partial charge is 0.385 e. The number of carbonyl (C=O) groups is 2. The summed E-state index contributed by atoms with van der Waals surface area (Å²) in [6.45, 7) is 1.55. The van der Waals surface area contributed by atoms with Crippen molar-refractivity contribution < 1.29 is 18.8 Å². The van der Waals surface area contributed by atoms with E-state index < -0.39 is 0 Å². The molecule has 174 valence electrons. The minimum Gasteiger partial charge on any atom is -0.385 e. The van der Waals surface area contributed by atoms with E-state index in [1.807, 2.05) is 0 Å². The first-order valence-electron chi connectivity index (χ1n) is 10.4. The number of aromatic nitrogens is 2. The van der Waals surface area contributed by atoms with Gasteiger partial charge in [-0.05, 0) is 55.0 Å². The third-order valence-corrected chi connectivity index (χ3v) is 5.04. The Bertz CT molecular complexity index is 1050. The average Bonchev–Trinajstić information content (AvgIpc) is 3.31. The normalized spacial score (nSPS) is 10.6. The molecule has 0 atom stereocenters. The van der Waals surface area contributed by atoms with Gasteiger partial charge >= 0.3 is 6.03 Å². The Morgan fingerprint density at radius 1 is 1.12 bits per heavy atom. The van der Waals surface area contributed by atoms with Gasteiger partial charge < -0.3 is 24.8 Å². The van der Waals surface area contributed by atoms with Gasteiger partial charge in [-0.2, -0.15) is 4.98 Å². The number of hydrogen-bond donors (Lipinski definition) is 2. The van der Waals surface area contributed by atoms with Crippen molar-refractivity contribution in [1.29, 1.82) is 0 Å². The summed E-state index contributed by atoms with van der Waals surface area (Å²) >= 11 is 5.86. The average molecular weight is 472 g/mol. The van der Waals surface area contributed by atoms with Gasteiger partial charge in [0, 0.05) is 62.1 Å². The Kier molecular flexibility index (Phi) is 8.79. The van der Waals surface area contributed by atoms with Crippen LogP contribution in [0.15, 0.2) is 53.1 Å². The zero-order valence-electron chi connectivity index (χ0n) is 18.5. The Hall–Kier alpha value is -3.43. The van der Waals surface area contributed by atoms with Crippen LogP contribution in [0.25, 0.3) is 11.5 Å². The first-order valence-corrected chi connectivity index (χ1v) is 10.8. The van der Waals surface area contributed by atoms with E-state index in [1.165, 1.54) is 4.90 Å². The highest BCUT2D eigenvalue weighted by atomic mass is 35.5. The third kappa shape index (κ3) is 7.30. The second-order valence-corrected chi connectivity index (χ2v) is 7.74. The van der Waals surface area contributed by atoms with E-state index in [1.54, 1.807) is 62.7 Å². The van der Waals surface area contributed by atoms with E-state index in [0.29, 0.717) is 59.7 Å². The van der Waals surface area contributed by atoms with Crippen molar-refractivity contribution in [2.45, 2.75) is 12.8 Å². The molecule has 1 aromatic heterocycles. The molecule has 0 radical (unpaired) electrons. The summed E-state index contributed by atoms with van der Waals surface area (Å²) in [6, 6.07) is 13.6. The van der Waals surface area contributed by atoms with Crippen LogP contribution in [-0.4, -0.2) is 60.8 Å². The number of nitrogens with one attached hydrogen (secondary N) is 2. The number of urea groups is 1. The van der Waals surface area contributed by atoms with Crippen LogP contribution in [-0.2, 0) is 11.2 Å². The number of hydrogen-bond acceptors (Lipinski definition) is 6. The maximum atomic E-state index is 12.3. The lowest BCUT2D eigenvalue weighted by Gasteiger charge is -2.17. The standard InChI is InChI=1S/C23H26ClN5O4/c1-29(23(31)26-19-10-8-18(24)9-11-19)14-12-20-27-22(33-28-20)17-6-4-16(5-7-17)21(30)25-13-3-15-32-2/h4-11H,3,12-15H2,1-2H3,(H,25,30)(H,26,31). The van der Waals surface area contributed by atoms with Gasteiger partial charge in [0.25, 0.3) is 11.8 Å². The summed E-state index contributed by atoms with van der Waals surface area (Å²) in [6.07, 6.45) is 1.18. The Morgan fingerprint density at radius 3 is 2.55 bits per heavy atom. The number of nitrogens with zero attached hydrogens (tertiary/aromatic N) is 3. The molecule has 33 heavy (non-hydrogen) atoms. The van der Waals surface area contributed by atoms with E-state index in [9.17, 15) is 9.59 Å². The Morgan fingerprint density at radius 2 is 1.85 bits per heavy atom. The van der Waals surface area contributed by atoms with Gasteiger partial charge in [-0.1, -0.05) is 16.8 Å². The number of methoxy groups -OCH3 is 1. The van der Waals surface area contributed by atoms with Gasteiger partial charge in [0.05, 0.1) is 0 Å². The maximum Gasteiger partial charge on any atom is 0.321 e. The SMILES string of the molecule is COCCCNC(=O)c1ccc(-c2nc(CCN(C)C(=O)Nc3ccc(Cl)cc3)no2)cc1. The second kappa shape index (κ2) is 12.0. The van der Waals surface area contributed by atoms with Gasteiger partial charge in [-0.15, -0.1) is 0 Å². The number of amides is 3. The minimum atomic E-state index is -0.253. The first-order chi connectivity index (χ1) is 16.0. The van der Waals surface area contributed by atoms with Crippen LogP contribution in [0.4, 0.5) is 10.5 Å². The van der Waals surface area contributed by atoms with Crippen LogP contribution in [0.5, 0.6) is 0 Å². The third-order valence-electron chi connectivity index (χ3n) is 4.79. The molecule has 10 heteroatoms. The van der Waals surface area contributed by atoms with Crippen LogP contribution in [0, 0.1) is 0 Å². The number of ether oxygens (including phenoxy) is 1. The molecule has 2 aromatic carbocycles. The molecule has 3 amide bonds. The van der Waals surface area contributed by atoms with Crippen molar-refractivity contribution >= 4 is 29.2 Å². The predicted octanol–water partition coefficient (Wildman–Crippen LogP) is 3.86. The van der Waals surface area contributed by atoms with E-state index >= 15 is 0 Å². The zero-order chi connectivity index (χ0) is 23.6. The molecule has 0 aliphatic heterocycles. The summed E-state index contributed by atoms with van der Waals surface area (Å²) < 4.78 is 10.3. The summed E-state index contributed by atoms with van der Waals surface area (Å²) in [5, 5.41) is 10.2. The second-order valence-electron chi connectivity index (χ2n) is 7.30. The highest BCUT2D eigenvalue weighted by molar-refractivity contribution is 6.30. The molecular weight excluding hydrogens is 446 g/mol. The van der Waals surface area contributed by atoms with E-state index in [2.05, 4.69) is 20.8 Å². The van der Waals surface area contributed by atoms with Crippen LogP contribution in [0.3, 0.4) is 0 Å². The van der Waals surface area contributed by atoms with Crippen molar-refractivity contribution in [3.8, 4) is 11.5 Å². The molecule has 0 unspecified atom stereocenters. The molecule has 0 aliphatic rings. The molecule has 0 bridgehead atoms. The zero-order valence-corrected chi connectivity index (χ0v) is 19.3. The van der Waals surface area contributed by atoms with Gasteiger partial charge in [0.1, 0.15) is 0 Å². The molecule has 9 nitrogen and oxygen atoms in total. The van der Waals surface area contributed by atoms with Crippen molar-refractivity contribution in [2.24, 2.45) is 0 Å². The monoisotopic (exact) mass is 471 g/mol. The molecule has 0 fully saturated rings. The molecular formula is C23H26ClN5O4. The maximum absolute atomic E-state index is 12.3. The van der Waals surface area contributed by atoms with Crippen molar-refractivity contribution in [3.05, 3.63) is 64.9 Å². The fraction of sp³-hybridized carbons (Fsp3) is 0.304. The van der Waals surface area contributed by atoms with Gasteiger partial charge in [0.2, 0.25) is 0 Å². The molecule has 3 aromatic rings. The molecule has 0 aliphatic carbocycles. The van der Waals surface area contributed by atoms with Gasteiger partial charge in [-0.25, -0.2) is 4.79 Å². The highest BCUT2D eigenvalue weighted by Gasteiger charge is 2.13. The molecule has 0 saturated heterocycles. The summed E-state index contributed by atoms with van der Waals surface area (Å²) in [4.78, 5) is 30.4. The lowest BCUT2D eigenvalue weighted by Crippen LogP contribution is -2.33. The summed E-state index contributed by atoms with van der Waals surface area (Å²) in [5.41, 5.74) is 1.91. The number of halogens is 1. The van der Waals surface area contributed by atoms with E-state index in [4.69, 9.17) is 20.9 Å². The van der Waals surface area contributed by atoms with Crippen molar-refractivity contribution in [1.82, 2.24) is 20.4 Å². The summed E-state index contributed by atoms with van der Waals surface area (Å²) in [5.74, 6) is 0.685. The Balaban J connectivity index is 1.49. The lowest BCUT2D eigenvalue weighted by molar-refractivity contribution is 0.0948. The van der Waals surface area contributed by atoms with E-state index in [0.717, 1.165) is 6.42 Å². The molecule has 3 rings (SSSR count). The molecule has 0 saturated carbocycles. The molecule has 0 spiro atoms. The van der Waals surface area contributed by atoms with Crippen LogP contribution >= 0.6 is 11.6 Å². The van der Waals surface area contributed by atoms with E-state index in [-0.39, 0.29) is 11.9 Å². The van der Waals surface area contributed by atoms with Gasteiger partial charge in [0.15, 0.2) is 5.82 Å². The smallest absolute Gasteiger partial charge is 0.321 e. The van der Waals surface area contributed by atoms with Crippen LogP contribution in [0.2, 0.25) is 5.02 Å². The minimum absolute atomic E-state index is 0.149.